The molecule has 5 heteroatoms. The molecule has 5 atom stereocenters. The number of carbonyl (C=O) groups is 2. The summed E-state index contributed by atoms with van der Waals surface area (Å²) in [5.41, 5.74) is 0.286. The van der Waals surface area contributed by atoms with E-state index in [2.05, 4.69) is 43.9 Å². The highest BCUT2D eigenvalue weighted by atomic mass is 28.3. The number of ether oxygens (including phenoxy) is 2. The van der Waals surface area contributed by atoms with Crippen LogP contribution in [0.4, 0.5) is 0 Å². The quantitative estimate of drug-likeness (QED) is 0.401. The van der Waals surface area contributed by atoms with E-state index in [4.69, 9.17) is 9.47 Å². The second-order valence-electron chi connectivity index (χ2n) is 10.4. The van der Waals surface area contributed by atoms with Gasteiger partial charge >= 0.3 is 11.9 Å². The molecular weight excluding hydrogens is 368 g/mol. The van der Waals surface area contributed by atoms with Crippen molar-refractivity contribution in [3.8, 4) is 0 Å². The molecule has 3 aliphatic carbocycles. The summed E-state index contributed by atoms with van der Waals surface area (Å²) in [4.78, 5) is 25.5. The summed E-state index contributed by atoms with van der Waals surface area (Å²) in [6, 6.07) is 12.0. The van der Waals surface area contributed by atoms with Gasteiger partial charge in [0, 0.05) is 8.07 Å². The lowest BCUT2D eigenvalue weighted by Gasteiger charge is -2.29. The van der Waals surface area contributed by atoms with Gasteiger partial charge in [0.25, 0.3) is 0 Å². The summed E-state index contributed by atoms with van der Waals surface area (Å²) in [6.07, 6.45) is 2.38. The minimum atomic E-state index is -1.14. The first-order valence-corrected chi connectivity index (χ1v) is 14.1. The SMILES string of the molecule is COC(=O)C1(C(=O)OC)C[C@H]2[C@H](c3ccccc3)[C@]2([C@H]2C[C@@H]2C[Si](C)(C)C)C1. The van der Waals surface area contributed by atoms with Crippen molar-refractivity contribution < 1.29 is 19.1 Å². The van der Waals surface area contributed by atoms with Gasteiger partial charge in [-0.25, -0.2) is 0 Å². The van der Waals surface area contributed by atoms with E-state index in [9.17, 15) is 9.59 Å². The molecule has 0 amide bonds. The maximum atomic E-state index is 12.7. The van der Waals surface area contributed by atoms with Crippen molar-refractivity contribution in [2.24, 2.45) is 28.6 Å². The number of fused-ring (bicyclic) bond motifs is 1. The van der Waals surface area contributed by atoms with Crippen molar-refractivity contribution in [3.63, 3.8) is 0 Å². The summed E-state index contributed by atoms with van der Waals surface area (Å²) in [5.74, 6) is 1.34. The van der Waals surface area contributed by atoms with Crippen LogP contribution in [-0.4, -0.2) is 34.2 Å². The van der Waals surface area contributed by atoms with E-state index in [-0.39, 0.29) is 5.41 Å². The highest BCUT2D eigenvalue weighted by molar-refractivity contribution is 6.76. The average molecular weight is 401 g/mol. The number of benzene rings is 1. The van der Waals surface area contributed by atoms with Crippen LogP contribution in [0.2, 0.25) is 25.7 Å². The molecule has 4 rings (SSSR count). The number of esters is 2. The summed E-state index contributed by atoms with van der Waals surface area (Å²) < 4.78 is 10.2. The Labute approximate surface area is 169 Å². The predicted molar refractivity (Wildman–Crippen MR) is 111 cm³/mol. The van der Waals surface area contributed by atoms with Gasteiger partial charge in [-0.15, -0.1) is 0 Å². The number of rotatable bonds is 6. The monoisotopic (exact) mass is 400 g/mol. The lowest BCUT2D eigenvalue weighted by molar-refractivity contribution is -0.170. The third kappa shape index (κ3) is 2.85. The van der Waals surface area contributed by atoms with E-state index in [1.807, 2.05) is 6.07 Å². The fraction of sp³-hybridized carbons (Fsp3) is 0.652. The smallest absolute Gasteiger partial charge is 0.323 e. The molecule has 0 aliphatic heterocycles. The zero-order valence-electron chi connectivity index (χ0n) is 17.7. The maximum Gasteiger partial charge on any atom is 0.323 e. The molecule has 0 radical (unpaired) electrons. The average Bonchev–Trinajstić information content (AvgIpc) is 3.53. The zero-order valence-corrected chi connectivity index (χ0v) is 18.7. The van der Waals surface area contributed by atoms with Gasteiger partial charge in [-0.1, -0.05) is 56.0 Å². The molecule has 0 N–H and O–H groups in total. The van der Waals surface area contributed by atoms with Gasteiger partial charge in [0.1, 0.15) is 0 Å². The van der Waals surface area contributed by atoms with Crippen LogP contribution in [0.25, 0.3) is 0 Å². The van der Waals surface area contributed by atoms with Gasteiger partial charge in [0.05, 0.1) is 14.2 Å². The molecule has 3 saturated carbocycles. The van der Waals surface area contributed by atoms with Crippen LogP contribution in [0.3, 0.4) is 0 Å². The maximum absolute atomic E-state index is 12.7. The Balaban J connectivity index is 1.67. The van der Waals surface area contributed by atoms with Crippen molar-refractivity contribution in [2.45, 2.75) is 50.9 Å². The van der Waals surface area contributed by atoms with Gasteiger partial charge in [0.2, 0.25) is 0 Å². The number of hydrogen-bond donors (Lipinski definition) is 0. The Morgan fingerprint density at radius 1 is 1.04 bits per heavy atom. The molecule has 0 heterocycles. The molecular formula is C23H32O4Si. The van der Waals surface area contributed by atoms with E-state index in [0.717, 1.165) is 5.92 Å². The molecule has 3 fully saturated rings. The lowest BCUT2D eigenvalue weighted by Crippen LogP contribution is -2.41. The molecule has 1 aromatic carbocycles. The lowest BCUT2D eigenvalue weighted by atomic mass is 9.76. The summed E-state index contributed by atoms with van der Waals surface area (Å²) >= 11 is 0. The van der Waals surface area contributed by atoms with Crippen LogP contribution >= 0.6 is 0 Å². The first-order valence-electron chi connectivity index (χ1n) is 10.4. The van der Waals surface area contributed by atoms with Crippen molar-refractivity contribution in [1.82, 2.24) is 0 Å². The number of carbonyl (C=O) groups excluding carboxylic acids is 2. The van der Waals surface area contributed by atoms with Gasteiger partial charge in [-0.2, -0.15) is 0 Å². The third-order valence-electron chi connectivity index (χ3n) is 7.54. The zero-order chi connectivity index (χ0) is 20.3. The van der Waals surface area contributed by atoms with Gasteiger partial charge in [-0.05, 0) is 53.9 Å². The molecule has 28 heavy (non-hydrogen) atoms. The van der Waals surface area contributed by atoms with Gasteiger partial charge in [-0.3, -0.25) is 9.59 Å². The molecule has 0 bridgehead atoms. The Bertz CT molecular complexity index is 768. The molecule has 4 nitrogen and oxygen atoms in total. The summed E-state index contributed by atoms with van der Waals surface area (Å²) in [6.45, 7) is 7.29. The topological polar surface area (TPSA) is 52.6 Å². The molecule has 3 aliphatic rings. The minimum absolute atomic E-state index is 0.0497. The molecule has 1 aromatic rings. The molecule has 0 spiro atoms. The van der Waals surface area contributed by atoms with Gasteiger partial charge < -0.3 is 9.47 Å². The first kappa shape index (κ1) is 19.7. The van der Waals surface area contributed by atoms with Crippen molar-refractivity contribution >= 4 is 20.0 Å². The van der Waals surface area contributed by atoms with E-state index in [0.29, 0.717) is 30.6 Å². The van der Waals surface area contributed by atoms with Crippen LogP contribution < -0.4 is 0 Å². The van der Waals surface area contributed by atoms with Crippen LogP contribution in [0, 0.1) is 28.6 Å². The largest absolute Gasteiger partial charge is 0.468 e. The fourth-order valence-corrected chi connectivity index (χ4v) is 8.63. The van der Waals surface area contributed by atoms with Crippen molar-refractivity contribution in [3.05, 3.63) is 35.9 Å². The normalized spacial score (nSPS) is 35.0. The Morgan fingerprint density at radius 3 is 2.18 bits per heavy atom. The van der Waals surface area contributed by atoms with Crippen molar-refractivity contribution in [1.29, 1.82) is 0 Å². The number of hydrogen-bond acceptors (Lipinski definition) is 4. The molecule has 0 aromatic heterocycles. The minimum Gasteiger partial charge on any atom is -0.468 e. The van der Waals surface area contributed by atoms with Crippen LogP contribution in [0.5, 0.6) is 0 Å². The highest BCUT2D eigenvalue weighted by Gasteiger charge is 2.81. The second-order valence-corrected chi connectivity index (χ2v) is 16.0. The molecule has 0 unspecified atom stereocenters. The van der Waals surface area contributed by atoms with Crippen LogP contribution in [0.15, 0.2) is 30.3 Å². The van der Waals surface area contributed by atoms with E-state index in [1.54, 1.807) is 0 Å². The van der Waals surface area contributed by atoms with Crippen LogP contribution in [0.1, 0.15) is 30.7 Å². The fourth-order valence-electron chi connectivity index (χ4n) is 6.60. The third-order valence-corrected chi connectivity index (χ3v) is 9.29. The highest BCUT2D eigenvalue weighted by Crippen LogP contribution is 2.85. The molecule has 152 valence electrons. The van der Waals surface area contributed by atoms with Gasteiger partial charge in [0.15, 0.2) is 5.41 Å². The number of methoxy groups -OCH3 is 2. The Morgan fingerprint density at radius 2 is 1.64 bits per heavy atom. The van der Waals surface area contributed by atoms with E-state index < -0.39 is 25.4 Å². The van der Waals surface area contributed by atoms with E-state index in [1.165, 1.54) is 32.2 Å². The summed E-state index contributed by atoms with van der Waals surface area (Å²) in [7, 11) is 1.61. The van der Waals surface area contributed by atoms with E-state index >= 15 is 0 Å². The summed E-state index contributed by atoms with van der Waals surface area (Å²) in [5, 5.41) is 0. The Kier molecular flexibility index (Phi) is 4.53. The first-order chi connectivity index (χ1) is 13.2. The van der Waals surface area contributed by atoms with Crippen LogP contribution in [-0.2, 0) is 19.1 Å². The van der Waals surface area contributed by atoms with Crippen molar-refractivity contribution in [2.75, 3.05) is 14.2 Å². The predicted octanol–water partition coefficient (Wildman–Crippen LogP) is 4.49. The Hall–Kier alpha value is -1.62. The second kappa shape index (κ2) is 6.44. The molecule has 0 saturated heterocycles. The standard InChI is InChI=1S/C23H32O4Si/c1-26-20(24)22(21(25)27-2)12-18-19(15-9-7-6-8-10-15)23(18,14-22)17-11-16(17)13-28(3,4)5/h6-10,16-19H,11-14H2,1-5H3/t16-,17+,18+,19+,23+/m1/s1.